The minimum Gasteiger partial charge on any atom is -0.497 e. The maximum atomic E-state index is 12.1. The molecule has 0 aliphatic carbocycles. The number of methoxy groups -OCH3 is 1. The Morgan fingerprint density at radius 3 is 2.48 bits per heavy atom. The number of carbonyl (C=O) groups excluding carboxylic acids is 2. The molecule has 0 unspecified atom stereocenters. The average Bonchev–Trinajstić information content (AvgIpc) is 2.66. The Labute approximate surface area is 159 Å². The molecule has 6 nitrogen and oxygen atoms in total. The molecule has 0 saturated heterocycles. The van der Waals surface area contributed by atoms with Gasteiger partial charge in [0, 0.05) is 6.54 Å². The van der Waals surface area contributed by atoms with Crippen LogP contribution >= 0.6 is 0 Å². The summed E-state index contributed by atoms with van der Waals surface area (Å²) in [5.41, 5.74) is 2.01. The highest BCUT2D eigenvalue weighted by Crippen LogP contribution is 2.13. The van der Waals surface area contributed by atoms with E-state index in [4.69, 9.17) is 14.2 Å². The quantitative estimate of drug-likeness (QED) is 0.686. The van der Waals surface area contributed by atoms with Crippen LogP contribution in [0.2, 0.25) is 0 Å². The molecule has 0 saturated carbocycles. The molecule has 0 heterocycles. The first-order valence-electron chi connectivity index (χ1n) is 8.77. The highest BCUT2D eigenvalue weighted by Gasteiger charge is 2.17. The summed E-state index contributed by atoms with van der Waals surface area (Å²) in [5, 5.41) is 2.74. The van der Waals surface area contributed by atoms with Crippen molar-refractivity contribution in [1.82, 2.24) is 5.32 Å². The smallest absolute Gasteiger partial charge is 0.310 e. The first kappa shape index (κ1) is 20.3. The molecule has 144 valence electrons. The van der Waals surface area contributed by atoms with E-state index in [1.54, 1.807) is 14.0 Å². The topological polar surface area (TPSA) is 73.9 Å². The fraction of sp³-hybridized carbons (Fsp3) is 0.333. The lowest BCUT2D eigenvalue weighted by molar-refractivity contribution is -0.155. The Morgan fingerprint density at radius 2 is 1.81 bits per heavy atom. The van der Waals surface area contributed by atoms with E-state index in [9.17, 15) is 9.59 Å². The van der Waals surface area contributed by atoms with Gasteiger partial charge in [0.05, 0.1) is 20.1 Å². The van der Waals surface area contributed by atoms with Crippen molar-refractivity contribution < 1.29 is 23.8 Å². The number of benzene rings is 2. The van der Waals surface area contributed by atoms with Crippen molar-refractivity contribution in [3.8, 4) is 11.5 Å². The molecule has 0 aromatic heterocycles. The number of aryl methyl sites for hydroxylation is 1. The lowest BCUT2D eigenvalue weighted by Gasteiger charge is -2.14. The van der Waals surface area contributed by atoms with Crippen molar-refractivity contribution in [1.29, 1.82) is 0 Å². The molecule has 2 aromatic rings. The molecular weight excluding hydrogens is 346 g/mol. The Hall–Kier alpha value is -3.02. The van der Waals surface area contributed by atoms with Gasteiger partial charge < -0.3 is 19.5 Å². The summed E-state index contributed by atoms with van der Waals surface area (Å²) in [6.07, 6.45) is -0.793. The van der Waals surface area contributed by atoms with E-state index in [0.717, 1.165) is 16.9 Å². The summed E-state index contributed by atoms with van der Waals surface area (Å²) < 4.78 is 15.7. The summed E-state index contributed by atoms with van der Waals surface area (Å²) in [7, 11) is 1.60. The zero-order valence-corrected chi connectivity index (χ0v) is 15.9. The fourth-order valence-electron chi connectivity index (χ4n) is 2.34. The van der Waals surface area contributed by atoms with E-state index in [0.29, 0.717) is 12.3 Å². The zero-order chi connectivity index (χ0) is 19.6. The highest BCUT2D eigenvalue weighted by atomic mass is 16.5. The standard InChI is InChI=1S/C21H25NO5/c1-15-5-4-6-19(13-15)26-12-11-20(23)27-16(2)21(24)22-14-17-7-9-18(25-3)10-8-17/h4-10,13,16H,11-12,14H2,1-3H3,(H,22,24)/t16-/m1/s1. The zero-order valence-electron chi connectivity index (χ0n) is 15.9. The van der Waals surface area contributed by atoms with Crippen LogP contribution in [-0.4, -0.2) is 31.7 Å². The molecule has 1 amide bonds. The van der Waals surface area contributed by atoms with Crippen LogP contribution in [0.15, 0.2) is 48.5 Å². The lowest BCUT2D eigenvalue weighted by Crippen LogP contribution is -2.35. The molecule has 1 atom stereocenters. The van der Waals surface area contributed by atoms with Gasteiger partial charge in [0.1, 0.15) is 11.5 Å². The Morgan fingerprint density at radius 1 is 1.07 bits per heavy atom. The van der Waals surface area contributed by atoms with Crippen LogP contribution in [-0.2, 0) is 20.9 Å². The van der Waals surface area contributed by atoms with Crippen molar-refractivity contribution in [3.05, 3.63) is 59.7 Å². The van der Waals surface area contributed by atoms with E-state index in [1.807, 2.05) is 55.5 Å². The summed E-state index contributed by atoms with van der Waals surface area (Å²) in [6.45, 7) is 4.06. The number of hydrogen-bond donors (Lipinski definition) is 1. The molecule has 0 aliphatic rings. The van der Waals surface area contributed by atoms with Gasteiger partial charge in [0.2, 0.25) is 0 Å². The van der Waals surface area contributed by atoms with Gasteiger partial charge >= 0.3 is 5.97 Å². The minimum atomic E-state index is -0.866. The minimum absolute atomic E-state index is 0.0735. The van der Waals surface area contributed by atoms with Crippen molar-refractivity contribution in [3.63, 3.8) is 0 Å². The van der Waals surface area contributed by atoms with Gasteiger partial charge in [-0.25, -0.2) is 0 Å². The van der Waals surface area contributed by atoms with Gasteiger partial charge in [0.15, 0.2) is 6.10 Å². The van der Waals surface area contributed by atoms with Gasteiger partial charge in [-0.15, -0.1) is 0 Å². The van der Waals surface area contributed by atoms with Crippen molar-refractivity contribution in [2.45, 2.75) is 32.9 Å². The van der Waals surface area contributed by atoms with Crippen LogP contribution in [0.4, 0.5) is 0 Å². The molecule has 0 radical (unpaired) electrons. The van der Waals surface area contributed by atoms with Crippen molar-refractivity contribution in [2.24, 2.45) is 0 Å². The number of carbonyl (C=O) groups is 2. The third-order valence-electron chi connectivity index (χ3n) is 3.87. The van der Waals surface area contributed by atoms with Crippen LogP contribution in [0.3, 0.4) is 0 Å². The highest BCUT2D eigenvalue weighted by molar-refractivity contribution is 5.83. The van der Waals surface area contributed by atoms with Crippen LogP contribution in [0.5, 0.6) is 11.5 Å². The number of hydrogen-bond acceptors (Lipinski definition) is 5. The molecule has 0 spiro atoms. The maximum absolute atomic E-state index is 12.1. The SMILES string of the molecule is COc1ccc(CNC(=O)[C@@H](C)OC(=O)CCOc2cccc(C)c2)cc1. The van der Waals surface area contributed by atoms with Crippen molar-refractivity contribution in [2.75, 3.05) is 13.7 Å². The number of nitrogens with one attached hydrogen (secondary N) is 1. The summed E-state index contributed by atoms with van der Waals surface area (Å²) >= 11 is 0. The molecular formula is C21H25NO5. The van der Waals surface area contributed by atoms with E-state index in [2.05, 4.69) is 5.32 Å². The second-order valence-corrected chi connectivity index (χ2v) is 6.11. The molecule has 0 fully saturated rings. The van der Waals surface area contributed by atoms with Crippen molar-refractivity contribution >= 4 is 11.9 Å². The second kappa shape index (κ2) is 10.2. The van der Waals surface area contributed by atoms with Gasteiger partial charge in [0.25, 0.3) is 5.91 Å². The monoisotopic (exact) mass is 371 g/mol. The summed E-state index contributed by atoms with van der Waals surface area (Å²) in [6, 6.07) is 14.9. The predicted molar refractivity (Wildman–Crippen MR) is 102 cm³/mol. The third kappa shape index (κ3) is 7.01. The fourth-order valence-corrected chi connectivity index (χ4v) is 2.34. The molecule has 2 rings (SSSR count). The van der Waals surface area contributed by atoms with Gasteiger partial charge in [-0.3, -0.25) is 9.59 Å². The molecule has 0 aliphatic heterocycles. The first-order chi connectivity index (χ1) is 13.0. The Bertz CT molecular complexity index is 757. The Kier molecular flexibility index (Phi) is 7.67. The maximum Gasteiger partial charge on any atom is 0.310 e. The lowest BCUT2D eigenvalue weighted by atomic mass is 10.2. The van der Waals surface area contributed by atoms with Crippen LogP contribution in [0.25, 0.3) is 0 Å². The second-order valence-electron chi connectivity index (χ2n) is 6.11. The first-order valence-corrected chi connectivity index (χ1v) is 8.77. The largest absolute Gasteiger partial charge is 0.497 e. The van der Waals surface area contributed by atoms with E-state index in [1.165, 1.54) is 0 Å². The van der Waals surface area contributed by atoms with Gasteiger partial charge in [-0.1, -0.05) is 24.3 Å². The number of esters is 1. The molecule has 0 bridgehead atoms. The van der Waals surface area contributed by atoms with Gasteiger partial charge in [-0.2, -0.15) is 0 Å². The summed E-state index contributed by atoms with van der Waals surface area (Å²) in [4.78, 5) is 23.9. The predicted octanol–water partition coefficient (Wildman–Crippen LogP) is 3.02. The third-order valence-corrected chi connectivity index (χ3v) is 3.87. The number of amides is 1. The molecule has 27 heavy (non-hydrogen) atoms. The Balaban J connectivity index is 1.68. The van der Waals surface area contributed by atoms with E-state index in [-0.39, 0.29) is 18.9 Å². The van der Waals surface area contributed by atoms with Crippen LogP contribution < -0.4 is 14.8 Å². The molecule has 1 N–H and O–H groups in total. The number of ether oxygens (including phenoxy) is 3. The van der Waals surface area contributed by atoms with Crippen LogP contribution in [0.1, 0.15) is 24.5 Å². The van der Waals surface area contributed by atoms with E-state index >= 15 is 0 Å². The van der Waals surface area contributed by atoms with Crippen LogP contribution in [0, 0.1) is 6.92 Å². The van der Waals surface area contributed by atoms with Gasteiger partial charge in [-0.05, 0) is 49.2 Å². The number of rotatable bonds is 9. The summed E-state index contributed by atoms with van der Waals surface area (Å²) in [5.74, 6) is 0.627. The average molecular weight is 371 g/mol. The van der Waals surface area contributed by atoms with E-state index < -0.39 is 12.1 Å². The molecule has 2 aromatic carbocycles. The normalized spacial score (nSPS) is 11.4. The molecule has 6 heteroatoms.